The Hall–Kier alpha value is -3.98. The Morgan fingerprint density at radius 2 is 0.955 bits per heavy atom. The highest BCUT2D eigenvalue weighted by molar-refractivity contribution is 6.83. The topological polar surface area (TPSA) is 169 Å². The zero-order valence-corrected chi connectivity index (χ0v) is 62.1. The number of aliphatic hydroxyl groups is 1. The molecule has 88 heavy (non-hydrogen) atoms. The van der Waals surface area contributed by atoms with Gasteiger partial charge in [0.1, 0.15) is 22.5 Å². The lowest BCUT2D eigenvalue weighted by molar-refractivity contribution is 0.00578. The van der Waals surface area contributed by atoms with E-state index in [4.69, 9.17) is 38.1 Å². The number of hydrogen-bond donors (Lipinski definition) is 3. The van der Waals surface area contributed by atoms with E-state index in [9.17, 15) is 14.7 Å². The van der Waals surface area contributed by atoms with Crippen molar-refractivity contribution in [2.24, 2.45) is 11.8 Å². The first-order valence-electron chi connectivity index (χ1n) is 33.3. The lowest BCUT2D eigenvalue weighted by atomic mass is 9.64. The second kappa shape index (κ2) is 26.9. The van der Waals surface area contributed by atoms with Gasteiger partial charge in [-0.25, -0.2) is 19.6 Å². The number of aryl methyl sites for hydroxylation is 2. The van der Waals surface area contributed by atoms with Crippen LogP contribution < -0.4 is 10.6 Å². The number of rotatable bonds is 16. The van der Waals surface area contributed by atoms with Crippen molar-refractivity contribution in [1.82, 2.24) is 29.1 Å². The molecule has 0 aromatic carbocycles. The summed E-state index contributed by atoms with van der Waals surface area (Å²) in [6.45, 7) is 62.6. The van der Waals surface area contributed by atoms with E-state index in [1.54, 1.807) is 0 Å². The number of alkyl carbamates (subject to hydrolysis) is 2. The second-order valence-corrected chi connectivity index (χ2v) is 43.5. The van der Waals surface area contributed by atoms with Gasteiger partial charge in [0.25, 0.3) is 0 Å². The minimum atomic E-state index is -1.95. The Balaban J connectivity index is 0.000000220. The maximum absolute atomic E-state index is 12.2. The van der Waals surface area contributed by atoms with Crippen LogP contribution in [0.4, 0.5) is 9.59 Å². The predicted octanol–water partition coefficient (Wildman–Crippen LogP) is 17.5. The normalized spacial score (nSPS) is 22.2. The molecule has 2 aliphatic carbocycles. The molecule has 4 aromatic rings. The summed E-state index contributed by atoms with van der Waals surface area (Å²) in [5, 5.41) is 19.7. The highest BCUT2D eigenvalue weighted by atomic mass is 28.3. The summed E-state index contributed by atoms with van der Waals surface area (Å²) in [7, 11) is -4.41. The number of hydrogen-bond acceptors (Lipinski definition) is 11. The first-order chi connectivity index (χ1) is 40.3. The van der Waals surface area contributed by atoms with Crippen molar-refractivity contribution in [1.29, 1.82) is 0 Å². The molecule has 3 N–H and O–H groups in total. The maximum Gasteiger partial charge on any atom is 0.455 e. The fraction of sp³-hybridized carbons (Fsp3) is 0.739. The van der Waals surface area contributed by atoms with Crippen molar-refractivity contribution < 1.29 is 42.8 Å². The minimum absolute atomic E-state index is 0.0413. The van der Waals surface area contributed by atoms with Gasteiger partial charge in [-0.3, -0.25) is 0 Å². The largest absolute Gasteiger partial charge is 0.455 e. The number of aromatic nitrogens is 4. The predicted molar refractivity (Wildman–Crippen MR) is 369 cm³/mol. The van der Waals surface area contributed by atoms with Crippen molar-refractivity contribution in [3.8, 4) is 0 Å². The summed E-state index contributed by atoms with van der Waals surface area (Å²) in [6, 6.07) is 4.67. The molecule has 4 fully saturated rings. The monoisotopic (exact) mass is 1250 g/mol. The van der Waals surface area contributed by atoms with Gasteiger partial charge in [0.15, 0.2) is 16.5 Å². The number of allylic oxidation sites excluding steroid dienone is 2. The van der Waals surface area contributed by atoms with Gasteiger partial charge in [-0.2, -0.15) is 0 Å². The van der Waals surface area contributed by atoms with E-state index >= 15 is 0 Å². The third kappa shape index (κ3) is 14.9. The van der Waals surface area contributed by atoms with Crippen LogP contribution in [-0.2, 0) is 28.1 Å². The van der Waals surface area contributed by atoms with Crippen LogP contribution in [-0.4, -0.2) is 112 Å². The summed E-state index contributed by atoms with van der Waals surface area (Å²) in [5.41, 5.74) is 9.38. The molecule has 2 aliphatic heterocycles. The number of carbonyl (C=O) groups excluding carboxylic acids is 2. The van der Waals surface area contributed by atoms with Crippen LogP contribution in [0.3, 0.4) is 0 Å². The van der Waals surface area contributed by atoms with Crippen LogP contribution in [0, 0.1) is 25.7 Å². The van der Waals surface area contributed by atoms with Crippen molar-refractivity contribution in [2.45, 2.75) is 318 Å². The van der Waals surface area contributed by atoms with Gasteiger partial charge in [-0.15, -0.1) is 0 Å². The zero-order chi connectivity index (χ0) is 66.6. The molecular weight excluding hydrogens is 1130 g/mol. The smallest absolute Gasteiger partial charge is 0.444 e. The van der Waals surface area contributed by atoms with Gasteiger partial charge in [0.2, 0.25) is 0 Å². The number of nitrogens with zero attached hydrogens (tertiary/aromatic N) is 4. The summed E-state index contributed by atoms with van der Waals surface area (Å²) in [5.74, 6) is 0.532. The maximum atomic E-state index is 12.2. The molecular formula is C69H118B2N6O9Si2. The minimum Gasteiger partial charge on any atom is -0.444 e. The van der Waals surface area contributed by atoms with E-state index in [1.165, 1.54) is 22.1 Å². The lowest BCUT2D eigenvalue weighted by Crippen LogP contribution is -2.51. The van der Waals surface area contributed by atoms with Gasteiger partial charge in [0, 0.05) is 41.5 Å². The Bertz CT molecular complexity index is 2970. The molecule has 19 heteroatoms. The summed E-state index contributed by atoms with van der Waals surface area (Å²) < 4.78 is 39.9. The lowest BCUT2D eigenvalue weighted by Gasteiger charge is -2.44. The summed E-state index contributed by atoms with van der Waals surface area (Å²) in [4.78, 5) is 34.2. The molecule has 0 radical (unpaired) electrons. The quantitative estimate of drug-likeness (QED) is 0.0913. The molecule has 6 heterocycles. The van der Waals surface area contributed by atoms with Crippen LogP contribution in [0.1, 0.15) is 241 Å². The molecule has 0 spiro atoms. The number of pyridine rings is 2. The highest BCUT2D eigenvalue weighted by Crippen LogP contribution is 2.49. The van der Waals surface area contributed by atoms with E-state index < -0.39 is 33.8 Å². The van der Waals surface area contributed by atoms with Crippen molar-refractivity contribution in [3.63, 3.8) is 0 Å². The van der Waals surface area contributed by atoms with Crippen molar-refractivity contribution in [3.05, 3.63) is 65.2 Å². The molecule has 4 aromatic heterocycles. The van der Waals surface area contributed by atoms with Gasteiger partial charge in [0.05, 0.1) is 28.5 Å². The molecule has 0 bridgehead atoms. The second-order valence-electron chi connectivity index (χ2n) is 32.1. The van der Waals surface area contributed by atoms with Crippen molar-refractivity contribution in [2.75, 3.05) is 0 Å². The average molecular weight is 1250 g/mol. The first-order valence-corrected chi connectivity index (χ1v) is 37.6. The molecule has 2 saturated heterocycles. The van der Waals surface area contributed by atoms with Crippen LogP contribution in [0.25, 0.3) is 27.6 Å². The number of nitrogens with one attached hydrogen (secondary N) is 2. The number of carbonyl (C=O) groups is 2. The van der Waals surface area contributed by atoms with Crippen LogP contribution in [0.15, 0.2) is 43.0 Å². The number of ether oxygens (including phenoxy) is 2. The average Bonchev–Trinajstić information content (AvgIpc) is 1.49. The molecule has 492 valence electrons. The fourth-order valence-electron chi connectivity index (χ4n) is 15.5. The number of aliphatic hydroxyl groups excluding tert-OH is 1. The third-order valence-electron chi connectivity index (χ3n) is 20.8. The van der Waals surface area contributed by atoms with E-state index in [0.29, 0.717) is 45.4 Å². The Morgan fingerprint density at radius 3 is 1.31 bits per heavy atom. The number of amides is 2. The van der Waals surface area contributed by atoms with Gasteiger partial charge < -0.3 is 52.3 Å². The Kier molecular flexibility index (Phi) is 22.4. The molecule has 8 rings (SSSR count). The highest BCUT2D eigenvalue weighted by Gasteiger charge is 2.57. The van der Waals surface area contributed by atoms with Gasteiger partial charge in [-0.05, 0) is 241 Å². The standard InChI is InChI=1S/C29H47N3O2Si.C27H45N3O3Si.C13H26B2O4/c1-12-24(22-15-23(16-22)31-28(33)34-29(9,10)11)26-21(8)17-30-27-25(26)13-14-32(27)35(18(2)3,19(4)5)20(6)7;1-16(2)34(17(3)4,18(5)6)30-12-11-22-23(19(7)15-28-25(22)30)24(31)20-13-21(14-20)29-26(32)33-27(8,9)10;1-10(2)11(3,4)17-14(16-10)9-15-18-12(5,6)13(7,8)19-15/h12-14,17-20,22-23H,15-16H2,1-11H3,(H,31,33);11-12,15-18,20-21,24,31H,13-14H2,1-10H3,(H,29,32);9H2,1-8H3/b24-12-;;. The van der Waals surface area contributed by atoms with Crippen LogP contribution >= 0.6 is 0 Å². The van der Waals surface area contributed by atoms with Crippen LogP contribution in [0.5, 0.6) is 0 Å². The van der Waals surface area contributed by atoms with Gasteiger partial charge >= 0.3 is 26.4 Å². The van der Waals surface area contributed by atoms with Crippen molar-refractivity contribution >= 4 is 70.5 Å². The fourth-order valence-corrected chi connectivity index (χ4v) is 28.6. The SMILES string of the molecule is C/C=C(\c1c(C)cnc2c1ccn2[Si](C(C)C)(C(C)C)C(C)C)C1CC(NC(=O)OC(C)(C)C)C1.CC1(C)OB(CB2OC(C)(C)C(C)(C)O2)OC1(C)C.Cc1cnc2c(ccn2[Si](C(C)C)(C(C)C)C(C)C)c1C(O)C1CC(NC(=O)OC(C)(C)C)C1. The molecule has 1 atom stereocenters. The molecule has 1 unspecified atom stereocenters. The van der Waals surface area contributed by atoms with E-state index in [-0.39, 0.29) is 66.8 Å². The van der Waals surface area contributed by atoms with E-state index in [2.05, 4.69) is 208 Å². The molecule has 4 aliphatic rings. The third-order valence-corrected chi connectivity index (χ3v) is 34.3. The molecule has 15 nitrogen and oxygen atoms in total. The molecule has 2 saturated carbocycles. The van der Waals surface area contributed by atoms with E-state index in [0.717, 1.165) is 53.5 Å². The number of fused-ring (bicyclic) bond motifs is 2. The Morgan fingerprint density at radius 1 is 0.614 bits per heavy atom. The first kappa shape index (κ1) is 73.1. The molecule has 2 amide bonds. The summed E-state index contributed by atoms with van der Waals surface area (Å²) in [6.07, 6.45) is 13.5. The summed E-state index contributed by atoms with van der Waals surface area (Å²) >= 11 is 0. The zero-order valence-electron chi connectivity index (χ0n) is 60.1. The van der Waals surface area contributed by atoms with Crippen LogP contribution in [0.2, 0.25) is 39.5 Å². The van der Waals surface area contributed by atoms with Gasteiger partial charge in [-0.1, -0.05) is 89.2 Å². The Labute approximate surface area is 534 Å². The van der Waals surface area contributed by atoms with E-state index in [1.807, 2.05) is 54.7 Å².